The van der Waals surface area contributed by atoms with Crippen LogP contribution in [-0.4, -0.2) is 33.0 Å². The van der Waals surface area contributed by atoms with E-state index in [1.165, 1.54) is 23.1 Å². The third-order valence-electron chi connectivity index (χ3n) is 3.59. The molecule has 24 heavy (non-hydrogen) atoms. The van der Waals surface area contributed by atoms with E-state index in [1.807, 2.05) is 0 Å². The van der Waals surface area contributed by atoms with Crippen LogP contribution in [0.15, 0.2) is 47.4 Å². The lowest BCUT2D eigenvalue weighted by atomic mass is 10.1. The molecular formula is C16H13ClN2O4S. The van der Waals surface area contributed by atoms with Crippen LogP contribution in [0.25, 0.3) is 0 Å². The van der Waals surface area contributed by atoms with Gasteiger partial charge in [-0.15, -0.1) is 0 Å². The minimum absolute atomic E-state index is 0.0471. The van der Waals surface area contributed by atoms with E-state index in [0.717, 1.165) is 6.26 Å². The van der Waals surface area contributed by atoms with Gasteiger partial charge in [0.2, 0.25) is 5.91 Å². The molecule has 0 aliphatic carbocycles. The number of para-hydroxylation sites is 2. The zero-order chi connectivity index (χ0) is 17.5. The molecule has 6 nitrogen and oxygen atoms in total. The van der Waals surface area contributed by atoms with Gasteiger partial charge in [0, 0.05) is 11.8 Å². The predicted molar refractivity (Wildman–Crippen MR) is 91.3 cm³/mol. The van der Waals surface area contributed by atoms with Gasteiger partial charge in [0.15, 0.2) is 9.84 Å². The standard InChI is InChI=1S/C16H13ClN2O4S/c1-24(22,23)14-8-10(6-7-11(14)17)16(21)19-9-15(20)18-12-4-2-3-5-13(12)19/h2-8H,9H2,1H3,(H,18,20). The maximum absolute atomic E-state index is 12.8. The molecule has 1 N–H and O–H groups in total. The normalized spacial score (nSPS) is 14.1. The Labute approximate surface area is 144 Å². The van der Waals surface area contributed by atoms with Crippen LogP contribution in [0.4, 0.5) is 11.4 Å². The van der Waals surface area contributed by atoms with Gasteiger partial charge in [-0.05, 0) is 30.3 Å². The first kappa shape index (κ1) is 16.5. The van der Waals surface area contributed by atoms with Crippen molar-refractivity contribution in [3.05, 3.63) is 53.1 Å². The number of anilines is 2. The second-order valence-corrected chi connectivity index (χ2v) is 7.77. The molecule has 124 valence electrons. The van der Waals surface area contributed by atoms with Crippen LogP contribution < -0.4 is 10.2 Å². The summed E-state index contributed by atoms with van der Waals surface area (Å²) < 4.78 is 23.6. The number of halogens is 1. The van der Waals surface area contributed by atoms with Gasteiger partial charge in [0.25, 0.3) is 5.91 Å². The third kappa shape index (κ3) is 3.00. The molecule has 0 saturated carbocycles. The van der Waals surface area contributed by atoms with Crippen LogP contribution in [0.3, 0.4) is 0 Å². The molecule has 2 amide bonds. The molecule has 0 spiro atoms. The summed E-state index contributed by atoms with van der Waals surface area (Å²) in [6, 6.07) is 10.9. The van der Waals surface area contributed by atoms with Crippen LogP contribution in [0.2, 0.25) is 5.02 Å². The fourth-order valence-electron chi connectivity index (χ4n) is 2.49. The molecule has 0 radical (unpaired) electrons. The lowest BCUT2D eigenvalue weighted by Gasteiger charge is -2.29. The van der Waals surface area contributed by atoms with Crippen molar-refractivity contribution < 1.29 is 18.0 Å². The first-order valence-corrected chi connectivity index (χ1v) is 9.24. The van der Waals surface area contributed by atoms with Crippen molar-refractivity contribution in [2.24, 2.45) is 0 Å². The molecule has 3 rings (SSSR count). The number of sulfone groups is 1. The summed E-state index contributed by atoms with van der Waals surface area (Å²) in [6.45, 7) is -0.146. The van der Waals surface area contributed by atoms with Crippen LogP contribution >= 0.6 is 11.6 Å². The summed E-state index contributed by atoms with van der Waals surface area (Å²) in [5.74, 6) is -0.793. The molecule has 0 saturated heterocycles. The minimum atomic E-state index is -3.57. The molecule has 0 fully saturated rings. The van der Waals surface area contributed by atoms with Crippen LogP contribution in [-0.2, 0) is 14.6 Å². The Morgan fingerprint density at radius 2 is 1.92 bits per heavy atom. The first-order chi connectivity index (χ1) is 11.3. The van der Waals surface area contributed by atoms with E-state index in [0.29, 0.717) is 11.4 Å². The van der Waals surface area contributed by atoms with Gasteiger partial charge in [-0.1, -0.05) is 23.7 Å². The molecule has 0 bridgehead atoms. The Hall–Kier alpha value is -2.38. The fourth-order valence-corrected chi connectivity index (χ4v) is 3.79. The summed E-state index contributed by atoms with van der Waals surface area (Å²) in [4.78, 5) is 25.8. The molecule has 2 aromatic rings. The van der Waals surface area contributed by atoms with Gasteiger partial charge in [-0.25, -0.2) is 8.42 Å². The highest BCUT2D eigenvalue weighted by atomic mass is 35.5. The third-order valence-corrected chi connectivity index (χ3v) is 5.17. The van der Waals surface area contributed by atoms with Crippen molar-refractivity contribution in [2.75, 3.05) is 23.0 Å². The molecule has 0 atom stereocenters. The average Bonchev–Trinajstić information content (AvgIpc) is 2.52. The van der Waals surface area contributed by atoms with E-state index in [2.05, 4.69) is 5.32 Å². The number of carbonyl (C=O) groups excluding carboxylic acids is 2. The monoisotopic (exact) mass is 364 g/mol. The Morgan fingerprint density at radius 1 is 1.21 bits per heavy atom. The highest BCUT2D eigenvalue weighted by molar-refractivity contribution is 7.90. The number of hydrogen-bond donors (Lipinski definition) is 1. The van der Waals surface area contributed by atoms with Gasteiger partial charge in [0.05, 0.1) is 21.3 Å². The SMILES string of the molecule is CS(=O)(=O)c1cc(C(=O)N2CC(=O)Nc3ccccc32)ccc1Cl. The molecular weight excluding hydrogens is 352 g/mol. The summed E-state index contributed by atoms with van der Waals surface area (Å²) >= 11 is 5.91. The average molecular weight is 365 g/mol. The zero-order valence-electron chi connectivity index (χ0n) is 12.6. The van der Waals surface area contributed by atoms with Crippen LogP contribution in [0, 0.1) is 0 Å². The van der Waals surface area contributed by atoms with Crippen molar-refractivity contribution in [3.63, 3.8) is 0 Å². The number of rotatable bonds is 2. The summed E-state index contributed by atoms with van der Waals surface area (Å²) in [7, 11) is -3.57. The van der Waals surface area contributed by atoms with Gasteiger partial charge < -0.3 is 5.32 Å². The number of hydrogen-bond acceptors (Lipinski definition) is 4. The smallest absolute Gasteiger partial charge is 0.258 e. The highest BCUT2D eigenvalue weighted by Gasteiger charge is 2.28. The highest BCUT2D eigenvalue weighted by Crippen LogP contribution is 2.31. The lowest BCUT2D eigenvalue weighted by Crippen LogP contribution is -2.42. The fraction of sp³-hybridized carbons (Fsp3) is 0.125. The lowest BCUT2D eigenvalue weighted by molar-refractivity contribution is -0.115. The Balaban J connectivity index is 2.06. The summed E-state index contributed by atoms with van der Waals surface area (Å²) in [5.41, 5.74) is 1.22. The number of carbonyl (C=O) groups is 2. The van der Waals surface area contributed by atoms with Crippen LogP contribution in [0.5, 0.6) is 0 Å². The largest absolute Gasteiger partial charge is 0.323 e. The van der Waals surface area contributed by atoms with Gasteiger partial charge in [0.1, 0.15) is 6.54 Å². The molecule has 1 heterocycles. The van der Waals surface area contributed by atoms with Crippen molar-refractivity contribution >= 4 is 44.6 Å². The number of fused-ring (bicyclic) bond motifs is 1. The maximum Gasteiger partial charge on any atom is 0.258 e. The van der Waals surface area contributed by atoms with Crippen molar-refractivity contribution in [3.8, 4) is 0 Å². The van der Waals surface area contributed by atoms with E-state index < -0.39 is 15.7 Å². The predicted octanol–water partition coefficient (Wildman–Crippen LogP) is 2.34. The van der Waals surface area contributed by atoms with Gasteiger partial charge >= 0.3 is 0 Å². The van der Waals surface area contributed by atoms with E-state index in [1.54, 1.807) is 24.3 Å². The summed E-state index contributed by atoms with van der Waals surface area (Å²) in [6.07, 6.45) is 1.02. The molecule has 0 aromatic heterocycles. The van der Waals surface area contributed by atoms with Crippen molar-refractivity contribution in [1.29, 1.82) is 0 Å². The van der Waals surface area contributed by atoms with E-state index >= 15 is 0 Å². The van der Waals surface area contributed by atoms with Gasteiger partial charge in [-0.3, -0.25) is 14.5 Å². The molecule has 1 aliphatic rings. The molecule has 0 unspecified atom stereocenters. The van der Waals surface area contributed by atoms with Crippen molar-refractivity contribution in [1.82, 2.24) is 0 Å². The first-order valence-electron chi connectivity index (χ1n) is 6.98. The Bertz CT molecular complexity index is 956. The van der Waals surface area contributed by atoms with Gasteiger partial charge in [-0.2, -0.15) is 0 Å². The van der Waals surface area contributed by atoms with Crippen molar-refractivity contribution in [2.45, 2.75) is 4.90 Å². The second kappa shape index (κ2) is 5.92. The zero-order valence-corrected chi connectivity index (χ0v) is 14.2. The molecule has 2 aromatic carbocycles. The molecule has 1 aliphatic heterocycles. The minimum Gasteiger partial charge on any atom is -0.323 e. The number of amides is 2. The summed E-state index contributed by atoms with van der Waals surface area (Å²) in [5, 5.41) is 2.74. The topological polar surface area (TPSA) is 83.6 Å². The number of nitrogens with zero attached hydrogens (tertiary/aromatic N) is 1. The number of nitrogens with one attached hydrogen (secondary N) is 1. The Morgan fingerprint density at radius 3 is 2.62 bits per heavy atom. The van der Waals surface area contributed by atoms with E-state index in [4.69, 9.17) is 11.6 Å². The maximum atomic E-state index is 12.8. The number of benzene rings is 2. The van der Waals surface area contributed by atoms with Crippen LogP contribution in [0.1, 0.15) is 10.4 Å². The van der Waals surface area contributed by atoms with E-state index in [9.17, 15) is 18.0 Å². The van der Waals surface area contributed by atoms with E-state index in [-0.39, 0.29) is 27.9 Å². The second-order valence-electron chi connectivity index (χ2n) is 5.37. The quantitative estimate of drug-likeness (QED) is 0.886. The molecule has 8 heteroatoms. The Kier molecular flexibility index (Phi) is 4.06.